The van der Waals surface area contributed by atoms with Crippen LogP contribution >= 0.6 is 11.3 Å². The van der Waals surface area contributed by atoms with E-state index in [9.17, 15) is 13.2 Å². The normalized spacial score (nSPS) is 18.8. The minimum Gasteiger partial charge on any atom is -0.355 e. The lowest BCUT2D eigenvalue weighted by atomic mass is 9.91. The molecule has 0 unspecified atom stereocenters. The van der Waals surface area contributed by atoms with Crippen LogP contribution in [0.1, 0.15) is 23.4 Å². The molecule has 1 aliphatic rings. The van der Waals surface area contributed by atoms with E-state index >= 15 is 0 Å². The molecule has 1 amide bonds. The van der Waals surface area contributed by atoms with Crippen molar-refractivity contribution in [1.82, 2.24) is 16.0 Å². The molecule has 3 rings (SSSR count). The van der Waals surface area contributed by atoms with Crippen LogP contribution in [0.4, 0.5) is 0 Å². The number of nitrogens with one attached hydrogen (secondary N) is 2. The third kappa shape index (κ3) is 3.92. The number of thiophene rings is 1. The van der Waals surface area contributed by atoms with Gasteiger partial charge in [0.15, 0.2) is 5.76 Å². The molecule has 2 aromatic heterocycles. The summed E-state index contributed by atoms with van der Waals surface area (Å²) in [5.41, 5.74) is 1.09. The van der Waals surface area contributed by atoms with Crippen LogP contribution < -0.4 is 10.8 Å². The number of sulfone groups is 1. The SMILES string of the molecule is Cc1ccc(-c2cc(CNC3(C(=O)NO)CCS(=O)(=O)CC3)no2)s1. The highest BCUT2D eigenvalue weighted by atomic mass is 32.2. The average Bonchev–Trinajstić information content (AvgIpc) is 3.22. The molecule has 1 aliphatic heterocycles. The van der Waals surface area contributed by atoms with Gasteiger partial charge < -0.3 is 4.52 Å². The molecular weight excluding hydrogens is 366 g/mol. The second kappa shape index (κ2) is 6.87. The van der Waals surface area contributed by atoms with Crippen LogP contribution in [0.3, 0.4) is 0 Å². The molecule has 0 aromatic carbocycles. The van der Waals surface area contributed by atoms with E-state index in [-0.39, 0.29) is 30.9 Å². The van der Waals surface area contributed by atoms with Crippen molar-refractivity contribution in [3.05, 3.63) is 28.8 Å². The van der Waals surface area contributed by atoms with Crippen molar-refractivity contribution in [3.63, 3.8) is 0 Å². The molecule has 0 atom stereocenters. The maximum absolute atomic E-state index is 12.1. The first-order chi connectivity index (χ1) is 11.8. The Hall–Kier alpha value is -1.75. The topological polar surface area (TPSA) is 122 Å². The van der Waals surface area contributed by atoms with Crippen LogP contribution in [-0.4, -0.2) is 41.7 Å². The predicted molar refractivity (Wildman–Crippen MR) is 91.9 cm³/mol. The Labute approximate surface area is 149 Å². The van der Waals surface area contributed by atoms with E-state index in [0.717, 1.165) is 9.75 Å². The van der Waals surface area contributed by atoms with Gasteiger partial charge in [0.1, 0.15) is 15.4 Å². The molecule has 0 radical (unpaired) electrons. The summed E-state index contributed by atoms with van der Waals surface area (Å²) in [6.45, 7) is 2.22. The van der Waals surface area contributed by atoms with Gasteiger partial charge in [-0.25, -0.2) is 13.9 Å². The lowest BCUT2D eigenvalue weighted by molar-refractivity contribution is -0.136. The standard InChI is InChI=1S/C15H19N3O5S2/c1-10-2-3-13(24-10)12-8-11(18-23-12)9-16-15(14(19)17-20)4-6-25(21,22)7-5-15/h2-3,8,16,20H,4-7,9H2,1H3,(H,17,19). The van der Waals surface area contributed by atoms with Crippen molar-refractivity contribution in [1.29, 1.82) is 0 Å². The van der Waals surface area contributed by atoms with E-state index in [2.05, 4.69) is 10.5 Å². The number of rotatable bonds is 5. The fraction of sp³-hybridized carbons (Fsp3) is 0.467. The zero-order chi connectivity index (χ0) is 18.1. The lowest BCUT2D eigenvalue weighted by Crippen LogP contribution is -2.59. The van der Waals surface area contributed by atoms with Crippen molar-refractivity contribution < 1.29 is 22.9 Å². The number of hydroxylamine groups is 1. The molecule has 136 valence electrons. The highest BCUT2D eigenvalue weighted by Crippen LogP contribution is 2.29. The quantitative estimate of drug-likeness (QED) is 0.523. The van der Waals surface area contributed by atoms with E-state index in [1.807, 2.05) is 19.1 Å². The van der Waals surface area contributed by atoms with E-state index in [1.54, 1.807) is 22.9 Å². The van der Waals surface area contributed by atoms with Crippen molar-refractivity contribution in [2.24, 2.45) is 0 Å². The summed E-state index contributed by atoms with van der Waals surface area (Å²) in [6.07, 6.45) is 0.188. The minimum absolute atomic E-state index is 0.0938. The number of carbonyl (C=O) groups is 1. The van der Waals surface area contributed by atoms with Crippen molar-refractivity contribution in [3.8, 4) is 10.6 Å². The molecule has 3 heterocycles. The molecule has 25 heavy (non-hydrogen) atoms. The molecule has 0 spiro atoms. The molecule has 1 saturated heterocycles. The molecule has 0 bridgehead atoms. The third-order valence-corrected chi connectivity index (χ3v) is 7.03. The predicted octanol–water partition coefficient (Wildman–Crippen LogP) is 1.25. The maximum atomic E-state index is 12.1. The molecule has 8 nitrogen and oxygen atoms in total. The van der Waals surface area contributed by atoms with Gasteiger partial charge in [0.2, 0.25) is 0 Å². The summed E-state index contributed by atoms with van der Waals surface area (Å²) in [4.78, 5) is 14.2. The Morgan fingerprint density at radius 1 is 1.40 bits per heavy atom. The Bertz CT molecular complexity index is 857. The first-order valence-electron chi connectivity index (χ1n) is 7.76. The number of aryl methyl sites for hydroxylation is 1. The number of carbonyl (C=O) groups excluding carboxylic acids is 1. The van der Waals surface area contributed by atoms with Gasteiger partial charge in [-0.2, -0.15) is 0 Å². The first-order valence-corrected chi connectivity index (χ1v) is 10.4. The molecular formula is C15H19N3O5S2. The third-order valence-electron chi connectivity index (χ3n) is 4.37. The number of nitrogens with zero attached hydrogens (tertiary/aromatic N) is 1. The number of hydrogen-bond acceptors (Lipinski definition) is 8. The molecule has 0 aliphatic carbocycles. The van der Waals surface area contributed by atoms with Gasteiger partial charge in [-0.05, 0) is 31.9 Å². The van der Waals surface area contributed by atoms with Gasteiger partial charge >= 0.3 is 0 Å². The fourth-order valence-electron chi connectivity index (χ4n) is 2.82. The van der Waals surface area contributed by atoms with Crippen LogP contribution in [0.5, 0.6) is 0 Å². The maximum Gasteiger partial charge on any atom is 0.263 e. The van der Waals surface area contributed by atoms with Crippen molar-refractivity contribution in [2.45, 2.75) is 31.8 Å². The fourth-order valence-corrected chi connectivity index (χ4v) is 5.15. The average molecular weight is 385 g/mol. The van der Waals surface area contributed by atoms with Crippen LogP contribution in [-0.2, 0) is 21.2 Å². The van der Waals surface area contributed by atoms with Crippen LogP contribution in [0, 0.1) is 6.92 Å². The second-order valence-corrected chi connectivity index (χ2v) is 9.71. The summed E-state index contributed by atoms with van der Waals surface area (Å²) < 4.78 is 28.6. The summed E-state index contributed by atoms with van der Waals surface area (Å²) in [6, 6.07) is 5.72. The van der Waals surface area contributed by atoms with Crippen molar-refractivity contribution in [2.75, 3.05) is 11.5 Å². The Morgan fingerprint density at radius 2 is 2.12 bits per heavy atom. The Morgan fingerprint density at radius 3 is 2.72 bits per heavy atom. The molecule has 10 heteroatoms. The van der Waals surface area contributed by atoms with Crippen molar-refractivity contribution >= 4 is 27.1 Å². The summed E-state index contributed by atoms with van der Waals surface area (Å²) in [7, 11) is -3.14. The second-order valence-electron chi connectivity index (χ2n) is 6.12. The van der Waals surface area contributed by atoms with Gasteiger partial charge in [-0.3, -0.25) is 15.3 Å². The van der Waals surface area contributed by atoms with Gasteiger partial charge in [-0.15, -0.1) is 11.3 Å². The number of aromatic nitrogens is 1. The minimum atomic E-state index is -3.14. The van der Waals surface area contributed by atoms with Crippen LogP contribution in [0.15, 0.2) is 22.7 Å². The molecule has 2 aromatic rings. The molecule has 3 N–H and O–H groups in total. The molecule has 0 saturated carbocycles. The van der Waals surface area contributed by atoms with E-state index in [0.29, 0.717) is 11.5 Å². The van der Waals surface area contributed by atoms with E-state index in [1.165, 1.54) is 0 Å². The Kier molecular flexibility index (Phi) is 4.96. The zero-order valence-electron chi connectivity index (χ0n) is 13.6. The monoisotopic (exact) mass is 385 g/mol. The summed E-state index contributed by atoms with van der Waals surface area (Å²) in [5, 5.41) is 16.1. The summed E-state index contributed by atoms with van der Waals surface area (Å²) in [5.74, 6) is -0.209. The smallest absolute Gasteiger partial charge is 0.263 e. The highest BCUT2D eigenvalue weighted by molar-refractivity contribution is 7.91. The highest BCUT2D eigenvalue weighted by Gasteiger charge is 2.43. The first kappa shape index (κ1) is 18.1. The van der Waals surface area contributed by atoms with E-state index < -0.39 is 21.3 Å². The zero-order valence-corrected chi connectivity index (χ0v) is 15.2. The number of hydrogen-bond donors (Lipinski definition) is 3. The number of amides is 1. The lowest BCUT2D eigenvalue weighted by Gasteiger charge is -2.35. The van der Waals surface area contributed by atoms with E-state index in [4.69, 9.17) is 9.73 Å². The van der Waals surface area contributed by atoms with Gasteiger partial charge in [-0.1, -0.05) is 5.16 Å². The van der Waals surface area contributed by atoms with Crippen LogP contribution in [0.25, 0.3) is 10.6 Å². The van der Waals surface area contributed by atoms with Crippen LogP contribution in [0.2, 0.25) is 0 Å². The van der Waals surface area contributed by atoms with Gasteiger partial charge in [0.25, 0.3) is 5.91 Å². The van der Waals surface area contributed by atoms with Gasteiger partial charge in [0.05, 0.1) is 22.1 Å². The largest absolute Gasteiger partial charge is 0.355 e. The van der Waals surface area contributed by atoms with Gasteiger partial charge in [0, 0.05) is 17.5 Å². The Balaban J connectivity index is 1.72. The molecule has 1 fully saturated rings. The summed E-state index contributed by atoms with van der Waals surface area (Å²) >= 11 is 1.59.